The Morgan fingerprint density at radius 3 is 2.67 bits per heavy atom. The van der Waals surface area contributed by atoms with E-state index in [1.165, 1.54) is 4.90 Å². The standard InChI is InChI=1S/C11H11BrN4OS/c1-18-8-4-2-7(3-5-8)17-10-9(12)6-14-11(15-10)16-13/h2-6H,13H2,1H3,(H,14,15,16). The smallest absolute Gasteiger partial charge is 0.240 e. The molecule has 0 fully saturated rings. The Bertz CT molecular complexity index is 535. The van der Waals surface area contributed by atoms with E-state index in [9.17, 15) is 0 Å². The maximum absolute atomic E-state index is 5.65. The van der Waals surface area contributed by atoms with Crippen molar-refractivity contribution in [1.29, 1.82) is 0 Å². The zero-order valence-corrected chi connectivity index (χ0v) is 12.0. The minimum atomic E-state index is 0.300. The van der Waals surface area contributed by atoms with E-state index in [1.54, 1.807) is 18.0 Å². The van der Waals surface area contributed by atoms with E-state index >= 15 is 0 Å². The lowest BCUT2D eigenvalue weighted by molar-refractivity contribution is 0.458. The largest absolute Gasteiger partial charge is 0.438 e. The second-order valence-corrected chi connectivity index (χ2v) is 5.00. The molecule has 0 atom stereocenters. The molecule has 1 heterocycles. The van der Waals surface area contributed by atoms with Gasteiger partial charge >= 0.3 is 0 Å². The topological polar surface area (TPSA) is 73.1 Å². The number of aromatic nitrogens is 2. The second-order valence-electron chi connectivity index (χ2n) is 3.27. The summed E-state index contributed by atoms with van der Waals surface area (Å²) in [6.45, 7) is 0. The van der Waals surface area contributed by atoms with Crippen molar-refractivity contribution in [3.8, 4) is 11.6 Å². The Morgan fingerprint density at radius 1 is 1.33 bits per heavy atom. The van der Waals surface area contributed by atoms with E-state index in [0.29, 0.717) is 22.1 Å². The molecule has 2 rings (SSSR count). The number of nitrogens with two attached hydrogens (primary N) is 1. The van der Waals surface area contributed by atoms with Crippen LogP contribution in [0.4, 0.5) is 5.95 Å². The van der Waals surface area contributed by atoms with Gasteiger partial charge in [-0.3, -0.25) is 5.43 Å². The number of ether oxygens (including phenoxy) is 1. The molecule has 0 spiro atoms. The van der Waals surface area contributed by atoms with Gasteiger partial charge in [0.25, 0.3) is 0 Å². The van der Waals surface area contributed by atoms with E-state index in [0.717, 1.165) is 0 Å². The molecule has 0 aliphatic carbocycles. The van der Waals surface area contributed by atoms with Gasteiger partial charge in [-0.1, -0.05) is 0 Å². The monoisotopic (exact) mass is 326 g/mol. The molecule has 0 unspecified atom stereocenters. The molecule has 0 aliphatic heterocycles. The number of rotatable bonds is 4. The third-order valence-corrected chi connectivity index (χ3v) is 3.40. The van der Waals surface area contributed by atoms with Crippen LogP contribution in [0.15, 0.2) is 39.8 Å². The fraction of sp³-hybridized carbons (Fsp3) is 0.0909. The summed E-state index contributed by atoms with van der Waals surface area (Å²) < 4.78 is 6.31. The van der Waals surface area contributed by atoms with Crippen molar-refractivity contribution in [3.63, 3.8) is 0 Å². The van der Waals surface area contributed by atoms with Gasteiger partial charge in [-0.15, -0.1) is 11.8 Å². The van der Waals surface area contributed by atoms with E-state index < -0.39 is 0 Å². The van der Waals surface area contributed by atoms with Gasteiger partial charge in [-0.2, -0.15) is 4.98 Å². The molecule has 0 saturated carbocycles. The highest BCUT2D eigenvalue weighted by Gasteiger charge is 2.07. The molecule has 7 heteroatoms. The Labute approximate surface area is 117 Å². The SMILES string of the molecule is CSc1ccc(Oc2nc(NN)ncc2Br)cc1. The third kappa shape index (κ3) is 3.12. The molecular formula is C11H11BrN4OS. The fourth-order valence-corrected chi connectivity index (χ4v) is 1.93. The number of hydrazine groups is 1. The van der Waals surface area contributed by atoms with Crippen LogP contribution in [-0.4, -0.2) is 16.2 Å². The van der Waals surface area contributed by atoms with Gasteiger partial charge in [0.1, 0.15) is 5.75 Å². The number of hydrogen-bond donors (Lipinski definition) is 2. The van der Waals surface area contributed by atoms with Gasteiger partial charge in [0, 0.05) is 4.90 Å². The summed E-state index contributed by atoms with van der Waals surface area (Å²) in [4.78, 5) is 9.23. The predicted molar refractivity (Wildman–Crippen MR) is 75.8 cm³/mol. The van der Waals surface area contributed by atoms with Crippen LogP contribution in [0.5, 0.6) is 11.6 Å². The maximum atomic E-state index is 5.65. The molecule has 0 bridgehead atoms. The molecular weight excluding hydrogens is 316 g/mol. The fourth-order valence-electron chi connectivity index (χ4n) is 1.25. The first-order valence-electron chi connectivity index (χ1n) is 5.04. The number of benzene rings is 1. The molecule has 94 valence electrons. The van der Waals surface area contributed by atoms with Gasteiger partial charge in [0.05, 0.1) is 10.7 Å². The van der Waals surface area contributed by atoms with Gasteiger partial charge < -0.3 is 4.74 Å². The Hall–Kier alpha value is -1.31. The highest BCUT2D eigenvalue weighted by atomic mass is 79.9. The molecule has 0 saturated heterocycles. The van der Waals surface area contributed by atoms with Crippen molar-refractivity contribution < 1.29 is 4.74 Å². The van der Waals surface area contributed by atoms with Crippen molar-refractivity contribution in [2.75, 3.05) is 11.7 Å². The normalized spacial score (nSPS) is 10.2. The van der Waals surface area contributed by atoms with E-state index in [1.807, 2.05) is 30.5 Å². The third-order valence-electron chi connectivity index (χ3n) is 2.11. The molecule has 0 radical (unpaired) electrons. The number of hydrogen-bond acceptors (Lipinski definition) is 6. The van der Waals surface area contributed by atoms with Crippen molar-refractivity contribution in [2.24, 2.45) is 5.84 Å². The summed E-state index contributed by atoms with van der Waals surface area (Å²) in [7, 11) is 0. The molecule has 0 aliphatic rings. The number of nitrogens with one attached hydrogen (secondary N) is 1. The number of nitrogens with zero attached hydrogens (tertiary/aromatic N) is 2. The molecule has 2 aromatic rings. The summed E-state index contributed by atoms with van der Waals surface area (Å²) in [5, 5.41) is 0. The first-order chi connectivity index (χ1) is 8.72. The number of thioether (sulfide) groups is 1. The van der Waals surface area contributed by atoms with Gasteiger partial charge in [-0.25, -0.2) is 10.8 Å². The van der Waals surface area contributed by atoms with E-state index in [-0.39, 0.29) is 0 Å². The first kappa shape index (κ1) is 13.1. The van der Waals surface area contributed by atoms with Crippen molar-refractivity contribution in [3.05, 3.63) is 34.9 Å². The highest BCUT2D eigenvalue weighted by Crippen LogP contribution is 2.28. The van der Waals surface area contributed by atoms with Crippen molar-refractivity contribution in [2.45, 2.75) is 4.90 Å². The van der Waals surface area contributed by atoms with Crippen molar-refractivity contribution >= 4 is 33.6 Å². The zero-order valence-electron chi connectivity index (χ0n) is 9.55. The molecule has 3 N–H and O–H groups in total. The van der Waals surface area contributed by atoms with Crippen LogP contribution >= 0.6 is 27.7 Å². The number of nitrogen functional groups attached to an aromatic ring is 1. The van der Waals surface area contributed by atoms with E-state index in [2.05, 4.69) is 31.3 Å². The lowest BCUT2D eigenvalue weighted by Gasteiger charge is -2.08. The van der Waals surface area contributed by atoms with Crippen LogP contribution in [0, 0.1) is 0 Å². The minimum absolute atomic E-state index is 0.300. The van der Waals surface area contributed by atoms with Crippen LogP contribution in [0.2, 0.25) is 0 Å². The van der Waals surface area contributed by atoms with Crippen LogP contribution in [0.3, 0.4) is 0 Å². The Balaban J connectivity index is 2.21. The van der Waals surface area contributed by atoms with Gasteiger partial charge in [0.15, 0.2) is 0 Å². The van der Waals surface area contributed by atoms with Gasteiger partial charge in [-0.05, 0) is 46.5 Å². The summed E-state index contributed by atoms with van der Waals surface area (Å²) in [6, 6.07) is 7.74. The lowest BCUT2D eigenvalue weighted by atomic mass is 10.3. The molecule has 5 nitrogen and oxygen atoms in total. The Kier molecular flexibility index (Phi) is 4.40. The second kappa shape index (κ2) is 6.03. The molecule has 1 aromatic heterocycles. The quantitative estimate of drug-likeness (QED) is 0.511. The maximum Gasteiger partial charge on any atom is 0.240 e. The highest BCUT2D eigenvalue weighted by molar-refractivity contribution is 9.10. The summed E-state index contributed by atoms with van der Waals surface area (Å²) >= 11 is 5.00. The summed E-state index contributed by atoms with van der Waals surface area (Å²) in [5.41, 5.74) is 2.37. The average molecular weight is 327 g/mol. The summed E-state index contributed by atoms with van der Waals surface area (Å²) in [5.74, 6) is 6.67. The lowest BCUT2D eigenvalue weighted by Crippen LogP contribution is -2.10. The number of halogens is 1. The van der Waals surface area contributed by atoms with Gasteiger partial charge in [0.2, 0.25) is 11.8 Å². The summed E-state index contributed by atoms with van der Waals surface area (Å²) in [6.07, 6.45) is 3.60. The first-order valence-corrected chi connectivity index (χ1v) is 7.06. The average Bonchev–Trinajstić information content (AvgIpc) is 2.42. The molecule has 18 heavy (non-hydrogen) atoms. The van der Waals surface area contributed by atoms with Crippen molar-refractivity contribution in [1.82, 2.24) is 9.97 Å². The van der Waals surface area contributed by atoms with Crippen LogP contribution in [0.1, 0.15) is 0 Å². The Morgan fingerprint density at radius 2 is 2.06 bits per heavy atom. The number of anilines is 1. The minimum Gasteiger partial charge on any atom is -0.438 e. The van der Waals surface area contributed by atoms with E-state index in [4.69, 9.17) is 10.6 Å². The van der Waals surface area contributed by atoms with Crippen LogP contribution in [-0.2, 0) is 0 Å². The van der Waals surface area contributed by atoms with Crippen LogP contribution in [0.25, 0.3) is 0 Å². The van der Waals surface area contributed by atoms with Crippen LogP contribution < -0.4 is 16.0 Å². The zero-order chi connectivity index (χ0) is 13.0. The predicted octanol–water partition coefficient (Wildman–Crippen LogP) is 3.04. The molecule has 0 amide bonds. The molecule has 1 aromatic carbocycles.